The molecule has 0 spiro atoms. The predicted molar refractivity (Wildman–Crippen MR) is 127 cm³/mol. The number of unbranched alkanes of at least 4 members (excludes halogenated alkanes) is 1. The Labute approximate surface area is 196 Å². The van der Waals surface area contributed by atoms with Crippen LogP contribution in [0.25, 0.3) is 11.0 Å². The first-order valence-electron chi connectivity index (χ1n) is 11.4. The highest BCUT2D eigenvalue weighted by molar-refractivity contribution is 5.99. The molecule has 0 N–H and O–H groups in total. The topological polar surface area (TPSA) is 59.8 Å². The van der Waals surface area contributed by atoms with Crippen molar-refractivity contribution in [2.75, 3.05) is 6.61 Å². The molecular formula is C28H24FNO4. The first-order chi connectivity index (χ1) is 16.6. The summed E-state index contributed by atoms with van der Waals surface area (Å²) < 4.78 is 25.6. The van der Waals surface area contributed by atoms with Crippen LogP contribution >= 0.6 is 0 Å². The fourth-order valence-corrected chi connectivity index (χ4v) is 4.36. The standard InChI is InChI=1S/C28H24FNO4/c1-2-3-15-33-21-12-9-19(10-13-21)25-24-26(31)22-16-20(29)11-14-23(22)34-27(24)28(32)30(25)17-18-7-5-4-6-8-18/h4-14,16,25H,2-3,15,17H2,1H3. The third-order valence-electron chi connectivity index (χ3n) is 6.09. The van der Waals surface area contributed by atoms with Crippen LogP contribution in [0.3, 0.4) is 0 Å². The Balaban J connectivity index is 1.62. The van der Waals surface area contributed by atoms with Gasteiger partial charge >= 0.3 is 0 Å². The van der Waals surface area contributed by atoms with E-state index in [0.29, 0.717) is 13.2 Å². The van der Waals surface area contributed by atoms with E-state index in [0.717, 1.165) is 35.8 Å². The lowest BCUT2D eigenvalue weighted by Crippen LogP contribution is -2.29. The van der Waals surface area contributed by atoms with Crippen LogP contribution in [0.2, 0.25) is 0 Å². The Morgan fingerprint density at radius 3 is 2.50 bits per heavy atom. The lowest BCUT2D eigenvalue weighted by molar-refractivity contribution is 0.0714. The van der Waals surface area contributed by atoms with Gasteiger partial charge in [0.05, 0.1) is 23.6 Å². The molecule has 2 heterocycles. The molecule has 3 aromatic carbocycles. The number of rotatable bonds is 7. The zero-order valence-electron chi connectivity index (χ0n) is 18.8. The van der Waals surface area contributed by atoms with E-state index in [4.69, 9.17) is 9.15 Å². The number of halogens is 1. The van der Waals surface area contributed by atoms with Crippen molar-refractivity contribution < 1.29 is 18.3 Å². The van der Waals surface area contributed by atoms with Crippen LogP contribution in [0.1, 0.15) is 53.1 Å². The summed E-state index contributed by atoms with van der Waals surface area (Å²) >= 11 is 0. The van der Waals surface area contributed by atoms with E-state index in [1.165, 1.54) is 12.1 Å². The van der Waals surface area contributed by atoms with Crippen molar-refractivity contribution in [3.05, 3.63) is 111 Å². The highest BCUT2D eigenvalue weighted by atomic mass is 19.1. The minimum atomic E-state index is -0.656. The van der Waals surface area contributed by atoms with Gasteiger partial charge in [0.15, 0.2) is 5.43 Å². The average molecular weight is 458 g/mol. The van der Waals surface area contributed by atoms with Crippen LogP contribution in [0.15, 0.2) is 82.0 Å². The molecule has 1 unspecified atom stereocenters. The van der Waals surface area contributed by atoms with Gasteiger partial charge in [-0.1, -0.05) is 55.8 Å². The largest absolute Gasteiger partial charge is 0.494 e. The zero-order valence-corrected chi connectivity index (χ0v) is 18.8. The van der Waals surface area contributed by atoms with Gasteiger partial charge in [-0.2, -0.15) is 0 Å². The SMILES string of the molecule is CCCCOc1ccc(C2c3c(oc4ccc(F)cc4c3=O)C(=O)N2Cc2ccccc2)cc1. The summed E-state index contributed by atoms with van der Waals surface area (Å²) in [6.45, 7) is 3.03. The molecule has 1 atom stereocenters. The lowest BCUT2D eigenvalue weighted by atomic mass is 9.98. The molecule has 1 aliphatic heterocycles. The number of ether oxygens (including phenoxy) is 1. The fraction of sp³-hybridized carbons (Fsp3) is 0.214. The number of amides is 1. The summed E-state index contributed by atoms with van der Waals surface area (Å²) in [7, 11) is 0. The number of nitrogens with zero attached hydrogens (tertiary/aromatic N) is 1. The van der Waals surface area contributed by atoms with Crippen LogP contribution in [-0.4, -0.2) is 17.4 Å². The van der Waals surface area contributed by atoms with Crippen molar-refractivity contribution >= 4 is 16.9 Å². The van der Waals surface area contributed by atoms with Gasteiger partial charge in [0, 0.05) is 6.54 Å². The van der Waals surface area contributed by atoms with Crippen molar-refractivity contribution in [1.29, 1.82) is 0 Å². The van der Waals surface area contributed by atoms with E-state index in [-0.39, 0.29) is 28.2 Å². The van der Waals surface area contributed by atoms with Crippen LogP contribution in [0.4, 0.5) is 4.39 Å². The first-order valence-corrected chi connectivity index (χ1v) is 11.4. The minimum absolute atomic E-state index is 0.00770. The number of carbonyl (C=O) groups is 1. The fourth-order valence-electron chi connectivity index (χ4n) is 4.36. The Morgan fingerprint density at radius 2 is 1.76 bits per heavy atom. The lowest BCUT2D eigenvalue weighted by Gasteiger charge is -2.25. The van der Waals surface area contributed by atoms with E-state index in [9.17, 15) is 14.0 Å². The monoisotopic (exact) mass is 457 g/mol. The van der Waals surface area contributed by atoms with E-state index >= 15 is 0 Å². The predicted octanol–water partition coefficient (Wildman–Crippen LogP) is 5.86. The second-order valence-corrected chi connectivity index (χ2v) is 8.41. The maximum Gasteiger partial charge on any atom is 0.291 e. The molecule has 5 nitrogen and oxygen atoms in total. The van der Waals surface area contributed by atoms with Crippen LogP contribution in [0.5, 0.6) is 5.75 Å². The molecule has 0 aliphatic carbocycles. The molecule has 0 bridgehead atoms. The van der Waals surface area contributed by atoms with E-state index in [1.807, 2.05) is 54.6 Å². The van der Waals surface area contributed by atoms with Gasteiger partial charge in [-0.3, -0.25) is 9.59 Å². The third kappa shape index (κ3) is 3.96. The summed E-state index contributed by atoms with van der Waals surface area (Å²) in [6.07, 6.45) is 2.00. The highest BCUT2D eigenvalue weighted by Crippen LogP contribution is 2.39. The van der Waals surface area contributed by atoms with Crippen molar-refractivity contribution in [2.45, 2.75) is 32.4 Å². The number of hydrogen-bond donors (Lipinski definition) is 0. The summed E-state index contributed by atoms with van der Waals surface area (Å²) in [4.78, 5) is 28.6. The molecule has 0 saturated carbocycles. The van der Waals surface area contributed by atoms with Gasteiger partial charge in [0.1, 0.15) is 17.1 Å². The number of hydrogen-bond acceptors (Lipinski definition) is 4. The minimum Gasteiger partial charge on any atom is -0.494 e. The summed E-state index contributed by atoms with van der Waals surface area (Å²) in [5.74, 6) is -0.164. The normalized spacial score (nSPS) is 15.1. The number of carbonyl (C=O) groups excluding carboxylic acids is 1. The number of fused-ring (bicyclic) bond motifs is 2. The van der Waals surface area contributed by atoms with Crippen LogP contribution in [0, 0.1) is 5.82 Å². The van der Waals surface area contributed by atoms with E-state index in [2.05, 4.69) is 6.92 Å². The quantitative estimate of drug-likeness (QED) is 0.326. The first kappa shape index (κ1) is 21.9. The Kier molecular flexibility index (Phi) is 5.88. The average Bonchev–Trinajstić information content (AvgIpc) is 3.12. The Bertz CT molecular complexity index is 1400. The van der Waals surface area contributed by atoms with Crippen molar-refractivity contribution in [3.8, 4) is 5.75 Å². The summed E-state index contributed by atoms with van der Waals surface area (Å²) in [5.41, 5.74) is 1.72. The molecule has 4 aromatic rings. The van der Waals surface area contributed by atoms with E-state index < -0.39 is 17.3 Å². The summed E-state index contributed by atoms with van der Waals surface area (Å²) in [5, 5.41) is 0.123. The third-order valence-corrected chi connectivity index (χ3v) is 6.09. The molecule has 1 amide bonds. The van der Waals surface area contributed by atoms with Crippen LogP contribution in [-0.2, 0) is 6.54 Å². The molecule has 0 fully saturated rings. The second-order valence-electron chi connectivity index (χ2n) is 8.41. The molecule has 172 valence electrons. The molecule has 1 aromatic heterocycles. The molecule has 34 heavy (non-hydrogen) atoms. The number of benzene rings is 3. The molecule has 5 rings (SSSR count). The molecule has 0 saturated heterocycles. The smallest absolute Gasteiger partial charge is 0.291 e. The van der Waals surface area contributed by atoms with Gasteiger partial charge < -0.3 is 14.1 Å². The molecule has 1 aliphatic rings. The Morgan fingerprint density at radius 1 is 1.00 bits per heavy atom. The second kappa shape index (κ2) is 9.14. The van der Waals surface area contributed by atoms with Crippen LogP contribution < -0.4 is 10.2 Å². The van der Waals surface area contributed by atoms with Gasteiger partial charge in [-0.05, 0) is 47.9 Å². The maximum atomic E-state index is 13.9. The van der Waals surface area contributed by atoms with E-state index in [1.54, 1.807) is 4.90 Å². The zero-order chi connectivity index (χ0) is 23.7. The van der Waals surface area contributed by atoms with Gasteiger partial charge in [-0.25, -0.2) is 4.39 Å². The molecular weight excluding hydrogens is 433 g/mol. The van der Waals surface area contributed by atoms with Crippen molar-refractivity contribution in [1.82, 2.24) is 4.90 Å². The Hall–Kier alpha value is -3.93. The van der Waals surface area contributed by atoms with Gasteiger partial charge in [0.2, 0.25) is 5.76 Å². The summed E-state index contributed by atoms with van der Waals surface area (Å²) in [6, 6.07) is 20.1. The highest BCUT2D eigenvalue weighted by Gasteiger charge is 2.42. The van der Waals surface area contributed by atoms with Crippen molar-refractivity contribution in [2.24, 2.45) is 0 Å². The van der Waals surface area contributed by atoms with Gasteiger partial charge in [-0.15, -0.1) is 0 Å². The van der Waals surface area contributed by atoms with Gasteiger partial charge in [0.25, 0.3) is 5.91 Å². The van der Waals surface area contributed by atoms with Crippen molar-refractivity contribution in [3.63, 3.8) is 0 Å². The maximum absolute atomic E-state index is 13.9. The molecule has 0 radical (unpaired) electrons. The molecule has 6 heteroatoms.